The first-order valence-electron chi connectivity index (χ1n) is 11.5. The molecule has 1 rings (SSSR count). The molecule has 0 aromatic heterocycles. The molecule has 0 spiro atoms. The minimum atomic E-state index is -1.86. The van der Waals surface area contributed by atoms with Crippen LogP contribution in [0.3, 0.4) is 0 Å². The Morgan fingerprint density at radius 2 is 1.36 bits per heavy atom. The molecule has 3 N–H and O–H groups in total. The maximum atomic E-state index is 12.2. The Balaban J connectivity index is 3.22. The summed E-state index contributed by atoms with van der Waals surface area (Å²) in [7, 11) is 1.12. The van der Waals surface area contributed by atoms with E-state index in [0.717, 1.165) is 7.11 Å². The summed E-state index contributed by atoms with van der Waals surface area (Å²) in [4.78, 5) is 47.7. The Morgan fingerprint density at radius 1 is 0.861 bits per heavy atom. The van der Waals surface area contributed by atoms with E-state index in [9.17, 15) is 24.3 Å². The number of carboxylic acid groups (broad SMARTS) is 1. The Hall–Kier alpha value is -3.54. The van der Waals surface area contributed by atoms with Gasteiger partial charge in [-0.25, -0.2) is 14.4 Å². The lowest BCUT2D eigenvalue weighted by Gasteiger charge is -2.27. The van der Waals surface area contributed by atoms with Gasteiger partial charge in [0.15, 0.2) is 11.5 Å². The molecule has 12 heteroatoms. The zero-order valence-corrected chi connectivity index (χ0v) is 21.4. The molecule has 0 aliphatic rings. The molecule has 202 valence electrons. The third kappa shape index (κ3) is 9.98. The summed E-state index contributed by atoms with van der Waals surface area (Å²) in [5.41, 5.74) is 4.62. The number of nitrogens with two attached hydrogens (primary N) is 1. The third-order valence-electron chi connectivity index (χ3n) is 5.20. The lowest BCUT2D eigenvalue weighted by Crippen LogP contribution is -2.52. The maximum absolute atomic E-state index is 12.2. The van der Waals surface area contributed by atoms with Gasteiger partial charge in [0.1, 0.15) is 23.9 Å². The molecule has 0 radical (unpaired) electrons. The van der Waals surface area contributed by atoms with Gasteiger partial charge in [-0.1, -0.05) is 19.9 Å². The minimum Gasteiger partial charge on any atom is -0.480 e. The van der Waals surface area contributed by atoms with E-state index in [1.54, 1.807) is 13.8 Å². The zero-order valence-electron chi connectivity index (χ0n) is 21.4. The van der Waals surface area contributed by atoms with Crippen molar-refractivity contribution in [2.24, 2.45) is 5.73 Å². The van der Waals surface area contributed by atoms with Crippen LogP contribution in [0.2, 0.25) is 0 Å². The van der Waals surface area contributed by atoms with E-state index in [1.807, 2.05) is 13.8 Å². The number of benzene rings is 1. The quantitative estimate of drug-likeness (QED) is 0.232. The third-order valence-corrected chi connectivity index (χ3v) is 5.20. The summed E-state index contributed by atoms with van der Waals surface area (Å²) in [5, 5.41) is 9.77. The molecule has 1 aromatic rings. The van der Waals surface area contributed by atoms with Crippen LogP contribution in [0.15, 0.2) is 18.2 Å². The monoisotopic (exact) mass is 513 g/mol. The SMILES string of the molecule is CCC(C)OC(=O)Oc1ccc(CC(N)(C[C@H](C)OC(=O)OC)C(=O)O)cc1OC(=O)OC(C)CC. The van der Waals surface area contributed by atoms with Crippen LogP contribution >= 0.6 is 0 Å². The number of ether oxygens (including phenoxy) is 6. The largest absolute Gasteiger partial charge is 0.514 e. The van der Waals surface area contributed by atoms with Crippen molar-refractivity contribution >= 4 is 24.4 Å². The van der Waals surface area contributed by atoms with Crippen molar-refractivity contribution in [1.82, 2.24) is 0 Å². The van der Waals surface area contributed by atoms with Gasteiger partial charge in [-0.15, -0.1) is 0 Å². The first-order valence-corrected chi connectivity index (χ1v) is 11.5. The van der Waals surface area contributed by atoms with E-state index in [4.69, 9.17) is 29.4 Å². The first kappa shape index (κ1) is 30.5. The number of hydrogen-bond acceptors (Lipinski definition) is 11. The average molecular weight is 514 g/mol. The number of hydrogen-bond donors (Lipinski definition) is 2. The molecule has 0 aliphatic carbocycles. The van der Waals surface area contributed by atoms with Gasteiger partial charge >= 0.3 is 24.4 Å². The molecular formula is C24H35NO11. The Labute approximate surface area is 209 Å². The maximum Gasteiger partial charge on any atom is 0.514 e. The minimum absolute atomic E-state index is 0.145. The van der Waals surface area contributed by atoms with E-state index < -0.39 is 48.3 Å². The topological polar surface area (TPSA) is 170 Å². The van der Waals surface area contributed by atoms with Crippen molar-refractivity contribution in [1.29, 1.82) is 0 Å². The molecule has 0 amide bonds. The van der Waals surface area contributed by atoms with Crippen molar-refractivity contribution in [3.8, 4) is 11.5 Å². The number of carbonyl (C=O) groups excluding carboxylic acids is 3. The predicted molar refractivity (Wildman–Crippen MR) is 126 cm³/mol. The highest BCUT2D eigenvalue weighted by Gasteiger charge is 2.37. The van der Waals surface area contributed by atoms with Crippen molar-refractivity contribution in [3.63, 3.8) is 0 Å². The average Bonchev–Trinajstić information content (AvgIpc) is 2.79. The van der Waals surface area contributed by atoms with E-state index in [0.29, 0.717) is 18.4 Å². The summed E-state index contributed by atoms with van der Waals surface area (Å²) in [6.45, 7) is 8.47. The predicted octanol–water partition coefficient (Wildman–Crippen LogP) is 4.20. The fourth-order valence-electron chi connectivity index (χ4n) is 2.92. The fourth-order valence-corrected chi connectivity index (χ4v) is 2.92. The number of rotatable bonds is 12. The second-order valence-electron chi connectivity index (χ2n) is 8.38. The van der Waals surface area contributed by atoms with E-state index in [2.05, 4.69) is 4.74 Å². The van der Waals surface area contributed by atoms with Crippen LogP contribution in [0.25, 0.3) is 0 Å². The smallest absolute Gasteiger partial charge is 0.480 e. The second kappa shape index (κ2) is 14.1. The van der Waals surface area contributed by atoms with Gasteiger partial charge in [-0.2, -0.15) is 0 Å². The molecule has 0 heterocycles. The Morgan fingerprint density at radius 3 is 1.83 bits per heavy atom. The summed E-state index contributed by atoms with van der Waals surface area (Å²) >= 11 is 0. The lowest BCUT2D eigenvalue weighted by atomic mass is 9.86. The molecule has 0 bridgehead atoms. The summed E-state index contributed by atoms with van der Waals surface area (Å²) < 4.78 is 30.0. The van der Waals surface area contributed by atoms with Gasteiger partial charge in [0, 0.05) is 12.8 Å². The molecular weight excluding hydrogens is 478 g/mol. The molecule has 0 aliphatic heterocycles. The van der Waals surface area contributed by atoms with Crippen LogP contribution in [-0.2, 0) is 30.2 Å². The molecule has 1 aromatic carbocycles. The van der Waals surface area contributed by atoms with Gasteiger partial charge < -0.3 is 39.3 Å². The molecule has 12 nitrogen and oxygen atoms in total. The normalized spacial score (nSPS) is 14.9. The van der Waals surface area contributed by atoms with E-state index >= 15 is 0 Å². The van der Waals surface area contributed by atoms with Crippen molar-refractivity contribution in [2.75, 3.05) is 7.11 Å². The van der Waals surface area contributed by atoms with Crippen LogP contribution < -0.4 is 15.2 Å². The van der Waals surface area contributed by atoms with Crippen LogP contribution in [-0.4, -0.2) is 60.5 Å². The van der Waals surface area contributed by atoms with Gasteiger partial charge in [-0.3, -0.25) is 4.79 Å². The highest BCUT2D eigenvalue weighted by molar-refractivity contribution is 5.79. The van der Waals surface area contributed by atoms with Crippen LogP contribution in [0, 0.1) is 0 Å². The van der Waals surface area contributed by atoms with Crippen LogP contribution in [0.4, 0.5) is 14.4 Å². The molecule has 4 atom stereocenters. The van der Waals surface area contributed by atoms with Gasteiger partial charge in [0.25, 0.3) is 0 Å². The first-order chi connectivity index (χ1) is 16.8. The van der Waals surface area contributed by atoms with Gasteiger partial charge in [0.2, 0.25) is 0 Å². The number of aliphatic carboxylic acids is 1. The van der Waals surface area contributed by atoms with E-state index in [-0.39, 0.29) is 24.3 Å². The van der Waals surface area contributed by atoms with Gasteiger partial charge in [0.05, 0.1) is 7.11 Å². The lowest BCUT2D eigenvalue weighted by molar-refractivity contribution is -0.144. The Kier molecular flexibility index (Phi) is 12.0. The van der Waals surface area contributed by atoms with Crippen molar-refractivity contribution in [2.45, 2.75) is 84.2 Å². The standard InChI is InChI=1S/C24H35NO11/c1-7-14(3)32-22(29)35-18-10-9-17(11-19(18)36-23(30)33-15(4)8-2)13-24(25,20(26)27)12-16(5)34-21(28)31-6/h9-11,14-16H,7-8,12-13,25H2,1-6H3,(H,26,27)/t14?,15?,16-,24?/m0/s1. The van der Waals surface area contributed by atoms with Crippen molar-refractivity contribution in [3.05, 3.63) is 23.8 Å². The summed E-state index contributed by atoms with van der Waals surface area (Å²) in [6, 6.07) is 4.07. The van der Waals surface area contributed by atoms with Gasteiger partial charge in [-0.05, 0) is 51.3 Å². The number of carboxylic acids is 1. The molecule has 0 saturated heterocycles. The zero-order chi connectivity index (χ0) is 27.5. The summed E-state index contributed by atoms with van der Waals surface area (Å²) in [6.07, 6.45) is -4.13. The van der Waals surface area contributed by atoms with E-state index in [1.165, 1.54) is 25.1 Å². The molecule has 36 heavy (non-hydrogen) atoms. The molecule has 0 fully saturated rings. The van der Waals surface area contributed by atoms with Crippen molar-refractivity contribution < 1.29 is 52.7 Å². The number of carbonyl (C=O) groups is 4. The Bertz CT molecular complexity index is 919. The second-order valence-corrected chi connectivity index (χ2v) is 8.38. The highest BCUT2D eigenvalue weighted by Crippen LogP contribution is 2.31. The number of methoxy groups -OCH3 is 1. The van der Waals surface area contributed by atoms with Crippen LogP contribution in [0.1, 0.15) is 59.4 Å². The highest BCUT2D eigenvalue weighted by atomic mass is 16.8. The molecule has 3 unspecified atom stereocenters. The molecule has 0 saturated carbocycles. The van der Waals surface area contributed by atoms with Crippen LogP contribution in [0.5, 0.6) is 11.5 Å². The summed E-state index contributed by atoms with van der Waals surface area (Å²) in [5.74, 6) is -1.69. The fraction of sp³-hybridized carbons (Fsp3) is 0.583.